The summed E-state index contributed by atoms with van der Waals surface area (Å²) in [5.41, 5.74) is 2.39. The van der Waals surface area contributed by atoms with Crippen LogP contribution in [0.2, 0.25) is 0 Å². The fourth-order valence-electron chi connectivity index (χ4n) is 1.59. The quantitative estimate of drug-likeness (QED) is 0.733. The summed E-state index contributed by atoms with van der Waals surface area (Å²) in [7, 11) is 3.40. The van der Waals surface area contributed by atoms with Crippen molar-refractivity contribution >= 4 is 0 Å². The van der Waals surface area contributed by atoms with Gasteiger partial charge in [-0.1, -0.05) is 13.8 Å². The molecule has 0 aliphatic carbocycles. The number of rotatable bonds is 4. The third-order valence-electron chi connectivity index (χ3n) is 2.43. The van der Waals surface area contributed by atoms with Gasteiger partial charge < -0.3 is 9.47 Å². The van der Waals surface area contributed by atoms with Crippen LogP contribution in [0.3, 0.4) is 0 Å². The van der Waals surface area contributed by atoms with Crippen molar-refractivity contribution in [2.75, 3.05) is 14.2 Å². The maximum absolute atomic E-state index is 5.34. The minimum absolute atomic E-state index is 0.927. The van der Waals surface area contributed by atoms with Crippen LogP contribution in [-0.4, -0.2) is 14.2 Å². The zero-order valence-electron chi connectivity index (χ0n) is 9.39. The SMILES string of the molecule is CCc1cc(OC)c(CC)c(OC)c1. The molecule has 0 heterocycles. The Labute approximate surface area is 85.8 Å². The number of methoxy groups -OCH3 is 2. The lowest BCUT2D eigenvalue weighted by atomic mass is 10.1. The number of benzene rings is 1. The van der Waals surface area contributed by atoms with Crippen LogP contribution in [0.4, 0.5) is 0 Å². The summed E-state index contributed by atoms with van der Waals surface area (Å²) >= 11 is 0. The van der Waals surface area contributed by atoms with Gasteiger partial charge in [-0.05, 0) is 30.5 Å². The minimum Gasteiger partial charge on any atom is -0.496 e. The second kappa shape index (κ2) is 4.89. The highest BCUT2D eigenvalue weighted by Crippen LogP contribution is 2.30. The Kier molecular flexibility index (Phi) is 3.81. The molecule has 0 aliphatic rings. The largest absolute Gasteiger partial charge is 0.496 e. The van der Waals surface area contributed by atoms with Crippen molar-refractivity contribution in [2.24, 2.45) is 0 Å². The summed E-state index contributed by atoms with van der Waals surface area (Å²) in [5.74, 6) is 1.87. The van der Waals surface area contributed by atoms with Crippen molar-refractivity contribution in [1.82, 2.24) is 0 Å². The molecule has 0 spiro atoms. The highest BCUT2D eigenvalue weighted by Gasteiger charge is 2.09. The summed E-state index contributed by atoms with van der Waals surface area (Å²) in [4.78, 5) is 0. The molecule has 0 atom stereocenters. The van der Waals surface area contributed by atoms with Gasteiger partial charge in [-0.15, -0.1) is 0 Å². The second-order valence-electron chi connectivity index (χ2n) is 3.19. The molecule has 0 radical (unpaired) electrons. The van der Waals surface area contributed by atoms with E-state index >= 15 is 0 Å². The van der Waals surface area contributed by atoms with E-state index in [1.807, 2.05) is 0 Å². The Balaban J connectivity index is 3.24. The Hall–Kier alpha value is -1.18. The lowest BCUT2D eigenvalue weighted by Gasteiger charge is -2.13. The summed E-state index contributed by atoms with van der Waals surface area (Å²) in [6.07, 6.45) is 1.92. The van der Waals surface area contributed by atoms with E-state index in [1.54, 1.807) is 14.2 Å². The molecule has 1 rings (SSSR count). The van der Waals surface area contributed by atoms with Crippen LogP contribution >= 0.6 is 0 Å². The first-order chi connectivity index (χ1) is 6.76. The lowest BCUT2D eigenvalue weighted by Crippen LogP contribution is -1.97. The zero-order valence-corrected chi connectivity index (χ0v) is 9.39. The molecular formula is C12H18O2. The molecule has 0 N–H and O–H groups in total. The van der Waals surface area contributed by atoms with Crippen LogP contribution < -0.4 is 9.47 Å². The van der Waals surface area contributed by atoms with Crippen LogP contribution in [0.15, 0.2) is 12.1 Å². The van der Waals surface area contributed by atoms with Crippen LogP contribution in [0, 0.1) is 0 Å². The van der Waals surface area contributed by atoms with Crippen LogP contribution in [0.1, 0.15) is 25.0 Å². The van der Waals surface area contributed by atoms with Crippen molar-refractivity contribution in [1.29, 1.82) is 0 Å². The first-order valence-corrected chi connectivity index (χ1v) is 5.00. The van der Waals surface area contributed by atoms with Gasteiger partial charge in [0.1, 0.15) is 11.5 Å². The number of hydrogen-bond acceptors (Lipinski definition) is 2. The Morgan fingerprint density at radius 1 is 0.929 bits per heavy atom. The topological polar surface area (TPSA) is 18.5 Å². The summed E-state index contributed by atoms with van der Waals surface area (Å²) < 4.78 is 10.7. The van der Waals surface area contributed by atoms with Crippen LogP contribution in [-0.2, 0) is 12.8 Å². The second-order valence-corrected chi connectivity index (χ2v) is 3.19. The van der Waals surface area contributed by atoms with E-state index in [-0.39, 0.29) is 0 Å². The van der Waals surface area contributed by atoms with Gasteiger partial charge >= 0.3 is 0 Å². The van der Waals surface area contributed by atoms with E-state index in [9.17, 15) is 0 Å². The molecule has 0 aromatic heterocycles. The lowest BCUT2D eigenvalue weighted by molar-refractivity contribution is 0.385. The van der Waals surface area contributed by atoms with Crippen molar-refractivity contribution in [2.45, 2.75) is 26.7 Å². The Morgan fingerprint density at radius 2 is 1.43 bits per heavy atom. The molecule has 1 aromatic carbocycles. The summed E-state index contributed by atoms with van der Waals surface area (Å²) in [6, 6.07) is 4.17. The number of aryl methyl sites for hydroxylation is 1. The molecule has 0 amide bonds. The first kappa shape index (κ1) is 10.9. The number of ether oxygens (including phenoxy) is 2. The van der Waals surface area contributed by atoms with Crippen LogP contribution in [0.5, 0.6) is 11.5 Å². The molecule has 78 valence electrons. The van der Waals surface area contributed by atoms with Gasteiger partial charge in [0.15, 0.2) is 0 Å². The first-order valence-electron chi connectivity index (χ1n) is 5.00. The van der Waals surface area contributed by atoms with Gasteiger partial charge in [-0.3, -0.25) is 0 Å². The van der Waals surface area contributed by atoms with E-state index in [0.717, 1.165) is 29.9 Å². The van der Waals surface area contributed by atoms with Crippen LogP contribution in [0.25, 0.3) is 0 Å². The highest BCUT2D eigenvalue weighted by molar-refractivity contribution is 5.48. The fraction of sp³-hybridized carbons (Fsp3) is 0.500. The average molecular weight is 194 g/mol. The van der Waals surface area contributed by atoms with Gasteiger partial charge in [0.25, 0.3) is 0 Å². The maximum Gasteiger partial charge on any atom is 0.126 e. The molecule has 2 nitrogen and oxygen atoms in total. The predicted molar refractivity (Wildman–Crippen MR) is 58.3 cm³/mol. The molecule has 2 heteroatoms. The zero-order chi connectivity index (χ0) is 10.6. The summed E-state index contributed by atoms with van der Waals surface area (Å²) in [6.45, 7) is 4.23. The normalized spacial score (nSPS) is 10.0. The van der Waals surface area contributed by atoms with E-state index < -0.39 is 0 Å². The molecule has 0 saturated carbocycles. The van der Waals surface area contributed by atoms with Crippen molar-refractivity contribution in [3.8, 4) is 11.5 Å². The van der Waals surface area contributed by atoms with Gasteiger partial charge in [-0.25, -0.2) is 0 Å². The standard InChI is InChI=1S/C12H18O2/c1-5-9-7-11(13-3)10(6-2)12(8-9)14-4/h7-8H,5-6H2,1-4H3. The number of hydrogen-bond donors (Lipinski definition) is 0. The van der Waals surface area contributed by atoms with E-state index in [0.29, 0.717) is 0 Å². The molecule has 0 saturated heterocycles. The van der Waals surface area contributed by atoms with E-state index in [2.05, 4.69) is 26.0 Å². The molecular weight excluding hydrogens is 176 g/mol. The van der Waals surface area contributed by atoms with Crippen molar-refractivity contribution in [3.05, 3.63) is 23.3 Å². The Morgan fingerprint density at radius 3 is 1.71 bits per heavy atom. The van der Waals surface area contributed by atoms with Gasteiger partial charge in [0.05, 0.1) is 14.2 Å². The monoisotopic (exact) mass is 194 g/mol. The summed E-state index contributed by atoms with van der Waals surface area (Å²) in [5, 5.41) is 0. The van der Waals surface area contributed by atoms with Crippen molar-refractivity contribution in [3.63, 3.8) is 0 Å². The molecule has 0 aliphatic heterocycles. The molecule has 1 aromatic rings. The van der Waals surface area contributed by atoms with Crippen molar-refractivity contribution < 1.29 is 9.47 Å². The molecule has 0 unspecified atom stereocenters. The third kappa shape index (κ3) is 2.00. The van der Waals surface area contributed by atoms with Gasteiger partial charge in [0, 0.05) is 5.56 Å². The Bertz CT molecular complexity index is 280. The minimum atomic E-state index is 0.927. The van der Waals surface area contributed by atoms with E-state index in [1.165, 1.54) is 5.56 Å². The smallest absolute Gasteiger partial charge is 0.126 e. The highest BCUT2D eigenvalue weighted by atomic mass is 16.5. The molecule has 0 bridgehead atoms. The van der Waals surface area contributed by atoms with Gasteiger partial charge in [-0.2, -0.15) is 0 Å². The average Bonchev–Trinajstić information content (AvgIpc) is 2.26. The molecule has 0 fully saturated rings. The third-order valence-corrected chi connectivity index (χ3v) is 2.43. The molecule has 14 heavy (non-hydrogen) atoms. The van der Waals surface area contributed by atoms with Gasteiger partial charge in [0.2, 0.25) is 0 Å². The maximum atomic E-state index is 5.34. The van der Waals surface area contributed by atoms with E-state index in [4.69, 9.17) is 9.47 Å². The predicted octanol–water partition coefficient (Wildman–Crippen LogP) is 2.83. The fourth-order valence-corrected chi connectivity index (χ4v) is 1.59.